The minimum Gasteiger partial charge on any atom is -0.495 e. The zero-order valence-corrected chi connectivity index (χ0v) is 19.1. The number of methoxy groups -OCH3 is 1. The molecule has 32 heavy (non-hydrogen) atoms. The Morgan fingerprint density at radius 2 is 1.78 bits per heavy atom. The van der Waals surface area contributed by atoms with E-state index in [4.69, 9.17) is 9.47 Å². The number of nitrogens with one attached hydrogen (secondary N) is 1. The topological polar surface area (TPSA) is 102 Å². The number of benzene rings is 2. The molecule has 172 valence electrons. The predicted molar refractivity (Wildman–Crippen MR) is 119 cm³/mol. The minimum absolute atomic E-state index is 0.0347. The molecule has 3 rings (SSSR count). The number of carbonyl (C=O) groups excluding carboxylic acids is 2. The number of carbonyl (C=O) groups is 2. The molecule has 1 N–H and O–H groups in total. The lowest BCUT2D eigenvalue weighted by molar-refractivity contribution is -0.129. The normalized spacial score (nSPS) is 15.2. The number of ether oxygens (including phenoxy) is 2. The molecule has 0 spiro atoms. The molecular formula is C23H28N2O6S. The maximum atomic E-state index is 13.0. The largest absolute Gasteiger partial charge is 0.495 e. The highest BCUT2D eigenvalue weighted by atomic mass is 32.2. The van der Waals surface area contributed by atoms with Crippen LogP contribution in [0.5, 0.6) is 5.75 Å². The van der Waals surface area contributed by atoms with Gasteiger partial charge in [0.2, 0.25) is 10.0 Å². The highest BCUT2D eigenvalue weighted by Crippen LogP contribution is 2.30. The molecule has 0 aromatic heterocycles. The molecule has 0 saturated carbocycles. The van der Waals surface area contributed by atoms with E-state index in [2.05, 4.69) is 5.32 Å². The summed E-state index contributed by atoms with van der Waals surface area (Å²) in [4.78, 5) is 24.8. The van der Waals surface area contributed by atoms with Crippen molar-refractivity contribution < 1.29 is 27.5 Å². The standard InChI is InChI=1S/C23H28N2O6S/c1-17(22(26)24-13-12-18-8-4-3-5-9-18)31-23(27)19-10-11-20(30-2)21(16-19)32(28,29)25-14-6-7-15-25/h3-5,8-11,16-17H,6-7,12-15H2,1-2H3,(H,24,26). The van der Waals surface area contributed by atoms with Crippen molar-refractivity contribution in [3.63, 3.8) is 0 Å². The van der Waals surface area contributed by atoms with Gasteiger partial charge in [-0.2, -0.15) is 4.31 Å². The molecule has 1 atom stereocenters. The highest BCUT2D eigenvalue weighted by Gasteiger charge is 2.31. The number of amides is 1. The van der Waals surface area contributed by atoms with Crippen LogP contribution < -0.4 is 10.1 Å². The summed E-state index contributed by atoms with van der Waals surface area (Å²) >= 11 is 0. The van der Waals surface area contributed by atoms with E-state index in [1.54, 1.807) is 0 Å². The summed E-state index contributed by atoms with van der Waals surface area (Å²) in [5.41, 5.74) is 1.12. The van der Waals surface area contributed by atoms with Crippen LogP contribution in [0.4, 0.5) is 0 Å². The zero-order valence-electron chi connectivity index (χ0n) is 18.2. The smallest absolute Gasteiger partial charge is 0.338 e. The molecule has 0 radical (unpaired) electrons. The molecule has 0 bridgehead atoms. The Balaban J connectivity index is 1.64. The van der Waals surface area contributed by atoms with Crippen molar-refractivity contribution in [3.05, 3.63) is 59.7 Å². The van der Waals surface area contributed by atoms with E-state index >= 15 is 0 Å². The highest BCUT2D eigenvalue weighted by molar-refractivity contribution is 7.89. The Morgan fingerprint density at radius 1 is 1.09 bits per heavy atom. The van der Waals surface area contributed by atoms with Gasteiger partial charge in [-0.05, 0) is 49.9 Å². The molecule has 2 aromatic carbocycles. The van der Waals surface area contributed by atoms with Crippen molar-refractivity contribution in [2.24, 2.45) is 0 Å². The van der Waals surface area contributed by atoms with Crippen molar-refractivity contribution in [3.8, 4) is 5.75 Å². The molecular weight excluding hydrogens is 432 g/mol. The van der Waals surface area contributed by atoms with Gasteiger partial charge in [-0.25, -0.2) is 13.2 Å². The Morgan fingerprint density at radius 3 is 2.44 bits per heavy atom. The van der Waals surface area contributed by atoms with Gasteiger partial charge >= 0.3 is 5.97 Å². The van der Waals surface area contributed by atoms with Crippen LogP contribution in [0.2, 0.25) is 0 Å². The van der Waals surface area contributed by atoms with Crippen molar-refractivity contribution in [2.75, 3.05) is 26.7 Å². The van der Waals surface area contributed by atoms with Crippen LogP contribution in [0.15, 0.2) is 53.4 Å². The Hall–Kier alpha value is -2.91. The van der Waals surface area contributed by atoms with Crippen molar-refractivity contribution in [2.45, 2.75) is 37.2 Å². The maximum Gasteiger partial charge on any atom is 0.338 e. The zero-order chi connectivity index (χ0) is 23.1. The molecule has 1 saturated heterocycles. The van der Waals surface area contributed by atoms with Gasteiger partial charge in [-0.1, -0.05) is 30.3 Å². The summed E-state index contributed by atoms with van der Waals surface area (Å²) in [6, 6.07) is 13.8. The van der Waals surface area contributed by atoms with E-state index < -0.39 is 28.0 Å². The SMILES string of the molecule is COc1ccc(C(=O)OC(C)C(=O)NCCc2ccccc2)cc1S(=O)(=O)N1CCCC1. The van der Waals surface area contributed by atoms with Crippen LogP contribution in [0.3, 0.4) is 0 Å². The summed E-state index contributed by atoms with van der Waals surface area (Å²) in [7, 11) is -2.43. The number of sulfonamides is 1. The maximum absolute atomic E-state index is 13.0. The third kappa shape index (κ3) is 5.66. The molecule has 2 aromatic rings. The fourth-order valence-corrected chi connectivity index (χ4v) is 5.17. The Bertz CT molecular complexity index is 1050. The van der Waals surface area contributed by atoms with Crippen molar-refractivity contribution in [1.29, 1.82) is 0 Å². The van der Waals surface area contributed by atoms with Crippen LogP contribution in [0, 0.1) is 0 Å². The van der Waals surface area contributed by atoms with E-state index in [0.717, 1.165) is 18.4 Å². The second-order valence-electron chi connectivity index (χ2n) is 7.55. The quantitative estimate of drug-likeness (QED) is 0.577. The molecule has 9 heteroatoms. The second-order valence-corrected chi connectivity index (χ2v) is 9.46. The minimum atomic E-state index is -3.80. The first-order chi connectivity index (χ1) is 15.3. The van der Waals surface area contributed by atoms with Crippen molar-refractivity contribution in [1.82, 2.24) is 9.62 Å². The average molecular weight is 461 g/mol. The van der Waals surface area contributed by atoms with Gasteiger partial charge in [0, 0.05) is 19.6 Å². The van der Waals surface area contributed by atoms with Gasteiger partial charge in [0.15, 0.2) is 6.10 Å². The monoisotopic (exact) mass is 460 g/mol. The molecule has 8 nitrogen and oxygen atoms in total. The van der Waals surface area contributed by atoms with Crippen LogP contribution in [-0.2, 0) is 26.0 Å². The van der Waals surface area contributed by atoms with Crippen LogP contribution in [0.25, 0.3) is 0 Å². The van der Waals surface area contributed by atoms with E-state index in [1.165, 1.54) is 36.5 Å². The summed E-state index contributed by atoms with van der Waals surface area (Å²) in [6.07, 6.45) is 1.21. The fraction of sp³-hybridized carbons (Fsp3) is 0.391. The van der Waals surface area contributed by atoms with Crippen molar-refractivity contribution >= 4 is 21.9 Å². The number of hydrogen-bond donors (Lipinski definition) is 1. The van der Waals surface area contributed by atoms with Gasteiger partial charge in [0.05, 0.1) is 12.7 Å². The van der Waals surface area contributed by atoms with E-state index in [9.17, 15) is 18.0 Å². The molecule has 1 aliphatic heterocycles. The van der Waals surface area contributed by atoms with Gasteiger partial charge in [-0.15, -0.1) is 0 Å². The first-order valence-electron chi connectivity index (χ1n) is 10.5. The lowest BCUT2D eigenvalue weighted by Crippen LogP contribution is -2.37. The summed E-state index contributed by atoms with van der Waals surface area (Å²) in [5.74, 6) is -1.05. The Labute approximate surface area is 188 Å². The third-order valence-corrected chi connectivity index (χ3v) is 7.21. The lowest BCUT2D eigenvalue weighted by atomic mass is 10.1. The van der Waals surface area contributed by atoms with Gasteiger partial charge in [0.1, 0.15) is 10.6 Å². The number of rotatable bonds is 9. The predicted octanol–water partition coefficient (Wildman–Crippen LogP) is 2.38. The molecule has 1 amide bonds. The van der Waals surface area contributed by atoms with Crippen LogP contribution in [0.1, 0.15) is 35.7 Å². The summed E-state index contributed by atoms with van der Waals surface area (Å²) in [5, 5.41) is 2.74. The second kappa shape index (κ2) is 10.6. The summed E-state index contributed by atoms with van der Waals surface area (Å²) < 4.78 is 37.8. The first-order valence-corrected chi connectivity index (χ1v) is 12.0. The van der Waals surface area contributed by atoms with Gasteiger partial charge in [-0.3, -0.25) is 4.79 Å². The number of esters is 1. The molecule has 1 unspecified atom stereocenters. The van der Waals surface area contributed by atoms with Crippen LogP contribution >= 0.6 is 0 Å². The van der Waals surface area contributed by atoms with E-state index in [0.29, 0.717) is 26.1 Å². The average Bonchev–Trinajstić information content (AvgIpc) is 3.35. The molecule has 1 fully saturated rings. The van der Waals surface area contributed by atoms with E-state index in [-0.39, 0.29) is 16.2 Å². The first kappa shape index (κ1) is 23.7. The number of hydrogen-bond acceptors (Lipinski definition) is 6. The fourth-order valence-electron chi connectivity index (χ4n) is 3.47. The third-order valence-electron chi connectivity index (χ3n) is 5.29. The van der Waals surface area contributed by atoms with E-state index in [1.807, 2.05) is 30.3 Å². The molecule has 1 aliphatic rings. The van der Waals surface area contributed by atoms with Gasteiger partial charge < -0.3 is 14.8 Å². The molecule has 0 aliphatic carbocycles. The van der Waals surface area contributed by atoms with Gasteiger partial charge in [0.25, 0.3) is 5.91 Å². The lowest BCUT2D eigenvalue weighted by Gasteiger charge is -2.18. The molecule has 1 heterocycles. The Kier molecular flexibility index (Phi) is 7.87. The summed E-state index contributed by atoms with van der Waals surface area (Å²) in [6.45, 7) is 2.74. The number of nitrogens with zero attached hydrogens (tertiary/aromatic N) is 1. The van der Waals surface area contributed by atoms with Crippen LogP contribution in [-0.4, -0.2) is 57.4 Å².